The summed E-state index contributed by atoms with van der Waals surface area (Å²) < 4.78 is 11.1. The molecular formula is C21H31N3O4. The Morgan fingerprint density at radius 2 is 2.07 bits per heavy atom. The number of hydrogen-bond acceptors (Lipinski definition) is 5. The first-order valence-electron chi connectivity index (χ1n) is 10.1. The van der Waals surface area contributed by atoms with Crippen molar-refractivity contribution in [2.24, 2.45) is 5.92 Å². The fourth-order valence-corrected chi connectivity index (χ4v) is 3.76. The molecule has 2 aliphatic rings. The van der Waals surface area contributed by atoms with Gasteiger partial charge in [-0.3, -0.25) is 9.69 Å². The van der Waals surface area contributed by atoms with Gasteiger partial charge in [-0.1, -0.05) is 44.2 Å². The molecule has 0 aliphatic carbocycles. The van der Waals surface area contributed by atoms with Crippen LogP contribution in [0.25, 0.3) is 0 Å². The van der Waals surface area contributed by atoms with Gasteiger partial charge < -0.3 is 20.1 Å². The molecule has 2 saturated heterocycles. The Balaban J connectivity index is 1.43. The van der Waals surface area contributed by atoms with E-state index in [1.807, 2.05) is 44.2 Å². The summed E-state index contributed by atoms with van der Waals surface area (Å²) in [6.45, 7) is 7.11. The molecule has 3 rings (SSSR count). The second-order valence-electron chi connectivity index (χ2n) is 7.92. The van der Waals surface area contributed by atoms with Crippen molar-refractivity contribution in [3.8, 4) is 0 Å². The topological polar surface area (TPSA) is 79.9 Å². The van der Waals surface area contributed by atoms with Crippen LogP contribution in [-0.2, 0) is 20.9 Å². The molecule has 2 amide bonds. The maximum Gasteiger partial charge on any atom is 0.408 e. The smallest absolute Gasteiger partial charge is 0.408 e. The van der Waals surface area contributed by atoms with Crippen LogP contribution in [-0.4, -0.2) is 61.3 Å². The van der Waals surface area contributed by atoms with Crippen molar-refractivity contribution in [1.29, 1.82) is 0 Å². The van der Waals surface area contributed by atoms with Crippen molar-refractivity contribution in [2.75, 3.05) is 26.2 Å². The van der Waals surface area contributed by atoms with E-state index in [1.54, 1.807) is 0 Å². The Kier molecular flexibility index (Phi) is 7.28. The van der Waals surface area contributed by atoms with Gasteiger partial charge in [0.25, 0.3) is 0 Å². The minimum Gasteiger partial charge on any atom is -0.445 e. The number of nitrogens with one attached hydrogen (secondary N) is 2. The summed E-state index contributed by atoms with van der Waals surface area (Å²) in [6, 6.07) is 9.34. The molecule has 28 heavy (non-hydrogen) atoms. The zero-order valence-corrected chi connectivity index (χ0v) is 16.7. The second-order valence-corrected chi connectivity index (χ2v) is 7.92. The number of carbonyl (C=O) groups is 2. The minimum atomic E-state index is -0.647. The molecule has 0 bridgehead atoms. The molecule has 1 aromatic carbocycles. The largest absolute Gasteiger partial charge is 0.445 e. The van der Waals surface area contributed by atoms with Crippen LogP contribution >= 0.6 is 0 Å². The van der Waals surface area contributed by atoms with Gasteiger partial charge in [0, 0.05) is 19.1 Å². The van der Waals surface area contributed by atoms with Gasteiger partial charge in [-0.15, -0.1) is 0 Å². The molecule has 154 valence electrons. The number of morpholine rings is 1. The van der Waals surface area contributed by atoms with Crippen LogP contribution in [0.5, 0.6) is 0 Å². The average Bonchev–Trinajstić information content (AvgIpc) is 3.17. The highest BCUT2D eigenvalue weighted by molar-refractivity contribution is 5.85. The number of alkyl carbamates (subject to hydrolysis) is 1. The van der Waals surface area contributed by atoms with E-state index in [1.165, 1.54) is 12.8 Å². The Morgan fingerprint density at radius 1 is 1.29 bits per heavy atom. The second kappa shape index (κ2) is 9.89. The number of ether oxygens (including phenoxy) is 2. The molecule has 2 unspecified atom stereocenters. The summed E-state index contributed by atoms with van der Waals surface area (Å²) >= 11 is 0. The molecule has 3 atom stereocenters. The lowest BCUT2D eigenvalue weighted by molar-refractivity contribution is -0.125. The highest BCUT2D eigenvalue weighted by Crippen LogP contribution is 2.22. The fourth-order valence-electron chi connectivity index (χ4n) is 3.76. The Labute approximate surface area is 166 Å². The summed E-state index contributed by atoms with van der Waals surface area (Å²) in [6.07, 6.45) is 1.82. The van der Waals surface area contributed by atoms with E-state index in [0.29, 0.717) is 12.6 Å². The first-order valence-corrected chi connectivity index (χ1v) is 10.1. The van der Waals surface area contributed by atoms with E-state index in [2.05, 4.69) is 15.5 Å². The molecule has 0 radical (unpaired) electrons. The zero-order valence-electron chi connectivity index (χ0n) is 16.7. The van der Waals surface area contributed by atoms with Crippen LogP contribution in [0, 0.1) is 5.92 Å². The normalized spacial score (nSPS) is 23.1. The van der Waals surface area contributed by atoms with Gasteiger partial charge in [0.1, 0.15) is 12.6 Å². The molecular weight excluding hydrogens is 358 g/mol. The van der Waals surface area contributed by atoms with E-state index in [9.17, 15) is 9.59 Å². The molecule has 2 aliphatic heterocycles. The van der Waals surface area contributed by atoms with Crippen LogP contribution in [0.3, 0.4) is 0 Å². The molecule has 0 aromatic heterocycles. The molecule has 7 nitrogen and oxygen atoms in total. The highest BCUT2D eigenvalue weighted by Gasteiger charge is 2.33. The van der Waals surface area contributed by atoms with E-state index >= 15 is 0 Å². The number of rotatable bonds is 7. The average molecular weight is 389 g/mol. The third kappa shape index (κ3) is 5.69. The number of carbonyl (C=O) groups excluding carboxylic acids is 2. The number of hydrogen-bond donors (Lipinski definition) is 2. The number of benzene rings is 1. The lowest BCUT2D eigenvalue weighted by atomic mass is 10.0. The third-order valence-corrected chi connectivity index (χ3v) is 5.40. The van der Waals surface area contributed by atoms with Gasteiger partial charge in [0.2, 0.25) is 5.91 Å². The summed E-state index contributed by atoms with van der Waals surface area (Å²) in [5.74, 6) is -0.265. The van der Waals surface area contributed by atoms with Crippen LogP contribution in [0.15, 0.2) is 30.3 Å². The van der Waals surface area contributed by atoms with Gasteiger partial charge in [-0.2, -0.15) is 0 Å². The van der Waals surface area contributed by atoms with E-state index < -0.39 is 12.1 Å². The summed E-state index contributed by atoms with van der Waals surface area (Å²) in [7, 11) is 0. The molecule has 2 fully saturated rings. The van der Waals surface area contributed by atoms with Crippen molar-refractivity contribution >= 4 is 12.0 Å². The first-order chi connectivity index (χ1) is 13.5. The Morgan fingerprint density at radius 3 is 2.82 bits per heavy atom. The molecule has 0 spiro atoms. The minimum absolute atomic E-state index is 0.00357. The molecule has 0 saturated carbocycles. The van der Waals surface area contributed by atoms with Gasteiger partial charge >= 0.3 is 6.09 Å². The quantitative estimate of drug-likeness (QED) is 0.745. The zero-order chi connectivity index (χ0) is 19.9. The lowest BCUT2D eigenvalue weighted by Gasteiger charge is -2.35. The maximum absolute atomic E-state index is 12.6. The lowest BCUT2D eigenvalue weighted by Crippen LogP contribution is -2.54. The number of nitrogens with zero attached hydrogens (tertiary/aromatic N) is 1. The van der Waals surface area contributed by atoms with Crippen molar-refractivity contribution < 1.29 is 19.1 Å². The van der Waals surface area contributed by atoms with E-state index in [4.69, 9.17) is 9.47 Å². The van der Waals surface area contributed by atoms with Crippen LogP contribution in [0.1, 0.15) is 32.3 Å². The SMILES string of the molecule is CC(C)[C@@H](NC(=O)OCc1ccccc1)C(=O)NCC1CN2CCCC2CO1. The summed E-state index contributed by atoms with van der Waals surface area (Å²) in [5.41, 5.74) is 0.901. The molecule has 7 heteroatoms. The van der Waals surface area contributed by atoms with Crippen LogP contribution in [0.2, 0.25) is 0 Å². The van der Waals surface area contributed by atoms with Gasteiger partial charge in [0.15, 0.2) is 0 Å². The molecule has 1 aromatic rings. The fraction of sp³-hybridized carbons (Fsp3) is 0.619. The van der Waals surface area contributed by atoms with Crippen molar-refractivity contribution in [3.05, 3.63) is 35.9 Å². The Hall–Kier alpha value is -2.12. The monoisotopic (exact) mass is 389 g/mol. The summed E-state index contributed by atoms with van der Waals surface area (Å²) in [4.78, 5) is 27.2. The molecule has 2 N–H and O–H groups in total. The van der Waals surface area contributed by atoms with Crippen molar-refractivity contribution in [2.45, 2.75) is 51.5 Å². The number of fused-ring (bicyclic) bond motifs is 1. The molecule has 2 heterocycles. The maximum atomic E-state index is 12.6. The van der Waals surface area contributed by atoms with E-state index in [0.717, 1.165) is 25.3 Å². The van der Waals surface area contributed by atoms with Crippen molar-refractivity contribution in [1.82, 2.24) is 15.5 Å². The van der Waals surface area contributed by atoms with Crippen LogP contribution < -0.4 is 10.6 Å². The third-order valence-electron chi connectivity index (χ3n) is 5.40. The number of amides is 2. The predicted octanol–water partition coefficient (Wildman–Crippen LogP) is 1.92. The predicted molar refractivity (Wildman–Crippen MR) is 106 cm³/mol. The van der Waals surface area contributed by atoms with Crippen LogP contribution in [0.4, 0.5) is 4.79 Å². The van der Waals surface area contributed by atoms with Gasteiger partial charge in [-0.05, 0) is 30.9 Å². The Bertz CT molecular complexity index is 652. The summed E-state index contributed by atoms with van der Waals surface area (Å²) in [5, 5.41) is 5.62. The van der Waals surface area contributed by atoms with Crippen molar-refractivity contribution in [3.63, 3.8) is 0 Å². The standard InChI is InChI=1S/C21H31N3O4/c1-15(2)19(23-21(26)28-13-16-7-4-3-5-8-16)20(25)22-11-18-12-24-10-6-9-17(24)14-27-18/h3-5,7-8,15,17-19H,6,9-14H2,1-2H3,(H,22,25)(H,23,26)/t17?,18?,19-/m1/s1. The highest BCUT2D eigenvalue weighted by atomic mass is 16.5. The van der Waals surface area contributed by atoms with Gasteiger partial charge in [-0.25, -0.2) is 4.79 Å². The van der Waals surface area contributed by atoms with E-state index in [-0.39, 0.29) is 24.5 Å². The van der Waals surface area contributed by atoms with Gasteiger partial charge in [0.05, 0.1) is 12.7 Å². The first kappa shape index (κ1) is 20.6.